The third-order valence-electron chi connectivity index (χ3n) is 5.05. The van der Waals surface area contributed by atoms with Gasteiger partial charge >= 0.3 is 5.97 Å². The molecule has 0 bridgehead atoms. The van der Waals surface area contributed by atoms with Crippen molar-refractivity contribution in [2.45, 2.75) is 84.7 Å². The molecule has 0 spiro atoms. The van der Waals surface area contributed by atoms with Crippen molar-refractivity contribution in [3.8, 4) is 17.1 Å². The maximum absolute atomic E-state index is 11.3. The number of carbonyl (C=O) groups excluding carboxylic acids is 1. The molecule has 30 heavy (non-hydrogen) atoms. The molecule has 1 aromatic carbocycles. The highest BCUT2D eigenvalue weighted by Gasteiger charge is 2.09. The molecule has 0 radical (unpaired) electrons. The second kappa shape index (κ2) is 13.7. The molecule has 1 heterocycles. The molecule has 0 saturated carbocycles. The predicted molar refractivity (Wildman–Crippen MR) is 121 cm³/mol. The molecule has 164 valence electrons. The molecule has 1 unspecified atom stereocenters. The lowest BCUT2D eigenvalue weighted by Crippen LogP contribution is -2.21. The summed E-state index contributed by atoms with van der Waals surface area (Å²) in [6, 6.07) is 12.3. The number of hydrogen-bond acceptors (Lipinski definition) is 5. The van der Waals surface area contributed by atoms with Crippen LogP contribution in [0.1, 0.15) is 77.7 Å². The van der Waals surface area contributed by atoms with E-state index in [4.69, 9.17) is 9.47 Å². The van der Waals surface area contributed by atoms with E-state index in [0.717, 1.165) is 17.7 Å². The number of unbranched alkanes of at least 4 members (excludes halogenated alkanes) is 6. The van der Waals surface area contributed by atoms with Crippen molar-refractivity contribution in [2.24, 2.45) is 0 Å². The Morgan fingerprint density at radius 3 is 2.23 bits per heavy atom. The Balaban J connectivity index is 1.75. The summed E-state index contributed by atoms with van der Waals surface area (Å²) in [6.07, 6.45) is 10.5. The monoisotopic (exact) mass is 412 g/mol. The van der Waals surface area contributed by atoms with E-state index < -0.39 is 0 Å². The van der Waals surface area contributed by atoms with Crippen LogP contribution in [0, 0.1) is 0 Å². The van der Waals surface area contributed by atoms with Gasteiger partial charge in [-0.1, -0.05) is 76.6 Å². The topological polar surface area (TPSA) is 61.3 Å². The van der Waals surface area contributed by atoms with Crippen LogP contribution in [0.2, 0.25) is 0 Å². The molecule has 0 N–H and O–H groups in total. The van der Waals surface area contributed by atoms with Crippen molar-refractivity contribution in [2.75, 3.05) is 6.61 Å². The van der Waals surface area contributed by atoms with Crippen LogP contribution in [0.4, 0.5) is 0 Å². The molecule has 1 aromatic heterocycles. The summed E-state index contributed by atoms with van der Waals surface area (Å²) in [7, 11) is 0. The molecule has 0 aliphatic carbocycles. The fraction of sp³-hybridized carbons (Fsp3) is 0.560. The van der Waals surface area contributed by atoms with Crippen LogP contribution in [-0.4, -0.2) is 28.9 Å². The summed E-state index contributed by atoms with van der Waals surface area (Å²) < 4.78 is 10.7. The smallest absolute Gasteiger partial charge is 0.305 e. The Kier molecular flexibility index (Phi) is 10.9. The zero-order chi connectivity index (χ0) is 21.6. The predicted octanol–water partition coefficient (Wildman–Crippen LogP) is 6.16. The van der Waals surface area contributed by atoms with Gasteiger partial charge < -0.3 is 9.47 Å². The van der Waals surface area contributed by atoms with Crippen LogP contribution in [0.25, 0.3) is 11.3 Å². The maximum Gasteiger partial charge on any atom is 0.305 e. The van der Waals surface area contributed by atoms with E-state index in [1.165, 1.54) is 50.5 Å². The minimum Gasteiger partial charge on any atom is -0.473 e. The normalized spacial score (nSPS) is 11.8. The van der Waals surface area contributed by atoms with E-state index in [2.05, 4.69) is 41.4 Å². The fourth-order valence-electron chi connectivity index (χ4n) is 3.22. The second-order valence-corrected chi connectivity index (χ2v) is 7.79. The first-order chi connectivity index (χ1) is 14.6. The number of carbonyl (C=O) groups is 1. The number of ether oxygens (including phenoxy) is 2. The zero-order valence-electron chi connectivity index (χ0n) is 18.7. The molecule has 0 amide bonds. The van der Waals surface area contributed by atoms with Crippen molar-refractivity contribution in [3.63, 3.8) is 0 Å². The molecule has 0 aliphatic rings. The van der Waals surface area contributed by atoms with Gasteiger partial charge in [0.05, 0.1) is 5.69 Å². The minimum absolute atomic E-state index is 0.233. The van der Waals surface area contributed by atoms with Crippen molar-refractivity contribution in [3.05, 3.63) is 42.0 Å². The maximum atomic E-state index is 11.3. The number of rotatable bonds is 14. The molecule has 0 aliphatic heterocycles. The summed E-state index contributed by atoms with van der Waals surface area (Å²) in [6.45, 7) is 6.08. The van der Waals surface area contributed by atoms with Gasteiger partial charge in [0, 0.05) is 18.1 Å². The third-order valence-corrected chi connectivity index (χ3v) is 5.05. The van der Waals surface area contributed by atoms with Gasteiger partial charge in [0.1, 0.15) is 12.7 Å². The van der Waals surface area contributed by atoms with E-state index in [1.807, 2.05) is 6.07 Å². The summed E-state index contributed by atoms with van der Waals surface area (Å²) in [5.74, 6) is 0.191. The Labute approximate surface area is 181 Å². The molecular formula is C25H36N2O3. The first kappa shape index (κ1) is 23.8. The number of esters is 1. The molecule has 5 heteroatoms. The van der Waals surface area contributed by atoms with E-state index >= 15 is 0 Å². The average molecular weight is 413 g/mol. The second-order valence-electron chi connectivity index (χ2n) is 7.79. The number of nitrogens with zero attached hydrogens (tertiary/aromatic N) is 2. The van der Waals surface area contributed by atoms with Gasteiger partial charge in [0.15, 0.2) is 0 Å². The van der Waals surface area contributed by atoms with Crippen LogP contribution in [0.3, 0.4) is 0 Å². The third kappa shape index (κ3) is 8.93. The zero-order valence-corrected chi connectivity index (χ0v) is 18.7. The molecule has 2 rings (SSSR count). The first-order valence-electron chi connectivity index (χ1n) is 11.4. The van der Waals surface area contributed by atoms with E-state index in [9.17, 15) is 4.79 Å². The number of aromatic nitrogens is 2. The average Bonchev–Trinajstić information content (AvgIpc) is 2.78. The van der Waals surface area contributed by atoms with Crippen LogP contribution >= 0.6 is 0 Å². The number of benzene rings is 1. The van der Waals surface area contributed by atoms with Crippen LogP contribution < -0.4 is 4.74 Å². The Morgan fingerprint density at radius 2 is 1.60 bits per heavy atom. The van der Waals surface area contributed by atoms with Gasteiger partial charge in [0.2, 0.25) is 5.88 Å². The lowest BCUT2D eigenvalue weighted by molar-refractivity contribution is -0.149. The summed E-state index contributed by atoms with van der Waals surface area (Å²) >= 11 is 0. The highest BCUT2D eigenvalue weighted by Crippen LogP contribution is 2.20. The molecule has 5 nitrogen and oxygen atoms in total. The van der Waals surface area contributed by atoms with Crippen molar-refractivity contribution in [1.29, 1.82) is 0 Å². The SMILES string of the molecule is CCCCCCCCCc1ccc(-c2ccc(OCC(C)OC(=O)CC)nn2)cc1. The summed E-state index contributed by atoms with van der Waals surface area (Å²) in [5, 5.41) is 8.39. The number of hydrogen-bond donors (Lipinski definition) is 0. The van der Waals surface area contributed by atoms with Gasteiger partial charge in [-0.2, -0.15) is 0 Å². The molecule has 0 saturated heterocycles. The van der Waals surface area contributed by atoms with Gasteiger partial charge in [0.25, 0.3) is 0 Å². The van der Waals surface area contributed by atoms with E-state index in [0.29, 0.717) is 12.3 Å². The largest absolute Gasteiger partial charge is 0.473 e. The van der Waals surface area contributed by atoms with E-state index in [1.54, 1.807) is 19.9 Å². The standard InChI is InChI=1S/C25H36N2O3/c1-4-6-7-8-9-10-11-12-21-13-15-22(16-14-21)23-17-18-24(27-26-23)29-19-20(3)30-25(28)5-2/h13-18,20H,4-12,19H2,1-3H3. The summed E-state index contributed by atoms with van der Waals surface area (Å²) in [5.41, 5.74) is 3.23. The molecule has 1 atom stereocenters. The Hall–Kier alpha value is -2.43. The van der Waals surface area contributed by atoms with Gasteiger partial charge in [-0.3, -0.25) is 4.79 Å². The highest BCUT2D eigenvalue weighted by molar-refractivity contribution is 5.69. The van der Waals surface area contributed by atoms with Crippen molar-refractivity contribution < 1.29 is 14.3 Å². The minimum atomic E-state index is -0.317. The quantitative estimate of drug-likeness (QED) is 0.275. The Morgan fingerprint density at radius 1 is 0.900 bits per heavy atom. The van der Waals surface area contributed by atoms with Gasteiger partial charge in [-0.15, -0.1) is 10.2 Å². The van der Waals surface area contributed by atoms with Crippen LogP contribution in [-0.2, 0) is 16.0 Å². The molecular weight excluding hydrogens is 376 g/mol. The fourth-order valence-corrected chi connectivity index (χ4v) is 3.22. The molecule has 2 aromatic rings. The van der Waals surface area contributed by atoms with Crippen molar-refractivity contribution in [1.82, 2.24) is 10.2 Å². The Bertz CT molecular complexity index is 729. The van der Waals surface area contributed by atoms with Crippen LogP contribution in [0.15, 0.2) is 36.4 Å². The lowest BCUT2D eigenvalue weighted by atomic mass is 10.0. The highest BCUT2D eigenvalue weighted by atomic mass is 16.6. The number of aryl methyl sites for hydroxylation is 1. The van der Waals surface area contributed by atoms with Gasteiger partial charge in [-0.05, 0) is 31.4 Å². The lowest BCUT2D eigenvalue weighted by Gasteiger charge is -2.13. The van der Waals surface area contributed by atoms with E-state index in [-0.39, 0.29) is 18.7 Å². The first-order valence-corrected chi connectivity index (χ1v) is 11.4. The summed E-state index contributed by atoms with van der Waals surface area (Å²) in [4.78, 5) is 11.3. The molecule has 0 fully saturated rings. The van der Waals surface area contributed by atoms with Gasteiger partial charge in [-0.25, -0.2) is 0 Å². The van der Waals surface area contributed by atoms with Crippen molar-refractivity contribution >= 4 is 5.97 Å². The van der Waals surface area contributed by atoms with Crippen LogP contribution in [0.5, 0.6) is 5.88 Å².